The van der Waals surface area contributed by atoms with Crippen LogP contribution in [0.15, 0.2) is 23.2 Å². The lowest BCUT2D eigenvalue weighted by Gasteiger charge is -2.26. The first-order valence-electron chi connectivity index (χ1n) is 6.70. The summed E-state index contributed by atoms with van der Waals surface area (Å²) in [5.74, 6) is 0.446. The average molecular weight is 299 g/mol. The second kappa shape index (κ2) is 6.07. The molecule has 7 heteroatoms. The number of nitrogens with zero attached hydrogens (tertiary/aromatic N) is 2. The van der Waals surface area contributed by atoms with Crippen molar-refractivity contribution >= 4 is 10.0 Å². The lowest BCUT2D eigenvalue weighted by atomic mass is 9.94. The maximum absolute atomic E-state index is 11.9. The SMILES string of the molecule is CN(C)S(=O)(=O)c1ccc(OC2CCCC(N)C2)nc1. The first-order chi connectivity index (χ1) is 9.39. The molecule has 2 unspecified atom stereocenters. The van der Waals surface area contributed by atoms with Gasteiger partial charge in [0, 0.05) is 26.2 Å². The van der Waals surface area contributed by atoms with Crippen molar-refractivity contribution in [3.63, 3.8) is 0 Å². The summed E-state index contributed by atoms with van der Waals surface area (Å²) in [6.45, 7) is 0. The predicted molar refractivity (Wildman–Crippen MR) is 76.0 cm³/mol. The summed E-state index contributed by atoms with van der Waals surface area (Å²) >= 11 is 0. The van der Waals surface area contributed by atoms with Gasteiger partial charge in [-0.1, -0.05) is 0 Å². The normalized spacial score (nSPS) is 23.8. The number of ether oxygens (including phenoxy) is 1. The fourth-order valence-corrected chi connectivity index (χ4v) is 3.11. The van der Waals surface area contributed by atoms with Crippen LogP contribution in [0, 0.1) is 0 Å². The van der Waals surface area contributed by atoms with Crippen LogP contribution in [-0.2, 0) is 10.0 Å². The van der Waals surface area contributed by atoms with Crippen LogP contribution >= 0.6 is 0 Å². The maximum Gasteiger partial charge on any atom is 0.244 e. The quantitative estimate of drug-likeness (QED) is 0.895. The molecule has 1 aromatic heterocycles. The van der Waals surface area contributed by atoms with E-state index in [1.54, 1.807) is 6.07 Å². The van der Waals surface area contributed by atoms with E-state index in [1.165, 1.54) is 26.4 Å². The molecular weight excluding hydrogens is 278 g/mol. The highest BCUT2D eigenvalue weighted by atomic mass is 32.2. The van der Waals surface area contributed by atoms with Gasteiger partial charge in [0.25, 0.3) is 0 Å². The van der Waals surface area contributed by atoms with Gasteiger partial charge in [0.1, 0.15) is 11.0 Å². The van der Waals surface area contributed by atoms with Crippen molar-refractivity contribution in [1.29, 1.82) is 0 Å². The molecule has 1 aromatic rings. The van der Waals surface area contributed by atoms with E-state index < -0.39 is 10.0 Å². The number of pyridine rings is 1. The molecule has 0 aliphatic heterocycles. The van der Waals surface area contributed by atoms with Gasteiger partial charge in [-0.2, -0.15) is 0 Å². The third kappa shape index (κ3) is 3.47. The number of hydrogen-bond donors (Lipinski definition) is 1. The Morgan fingerprint density at radius 3 is 2.65 bits per heavy atom. The zero-order chi connectivity index (χ0) is 14.8. The van der Waals surface area contributed by atoms with Gasteiger partial charge in [-0.05, 0) is 31.7 Å². The molecule has 20 heavy (non-hydrogen) atoms. The van der Waals surface area contributed by atoms with Crippen LogP contribution in [0.2, 0.25) is 0 Å². The van der Waals surface area contributed by atoms with Gasteiger partial charge in [0.2, 0.25) is 15.9 Å². The number of hydrogen-bond acceptors (Lipinski definition) is 5. The molecule has 0 spiro atoms. The molecule has 0 saturated heterocycles. The van der Waals surface area contributed by atoms with Gasteiger partial charge >= 0.3 is 0 Å². The Bertz CT molecular complexity index is 542. The Balaban J connectivity index is 2.05. The second-order valence-corrected chi connectivity index (χ2v) is 7.44. The van der Waals surface area contributed by atoms with Gasteiger partial charge in [0.15, 0.2) is 0 Å². The lowest BCUT2D eigenvalue weighted by Crippen LogP contribution is -2.33. The Kier molecular flexibility index (Phi) is 4.62. The van der Waals surface area contributed by atoms with E-state index in [0.717, 1.165) is 30.0 Å². The number of sulfonamides is 1. The van der Waals surface area contributed by atoms with Gasteiger partial charge in [-0.3, -0.25) is 0 Å². The summed E-state index contributed by atoms with van der Waals surface area (Å²) in [5.41, 5.74) is 5.91. The second-order valence-electron chi connectivity index (χ2n) is 5.29. The minimum atomic E-state index is -3.44. The van der Waals surface area contributed by atoms with Crippen molar-refractivity contribution < 1.29 is 13.2 Å². The summed E-state index contributed by atoms with van der Waals surface area (Å²) in [7, 11) is -0.462. The molecule has 1 saturated carbocycles. The summed E-state index contributed by atoms with van der Waals surface area (Å²) in [5, 5.41) is 0. The molecule has 0 aromatic carbocycles. The Morgan fingerprint density at radius 2 is 2.10 bits per heavy atom. The average Bonchev–Trinajstić information content (AvgIpc) is 2.39. The minimum Gasteiger partial charge on any atom is -0.474 e. The fourth-order valence-electron chi connectivity index (χ4n) is 2.26. The van der Waals surface area contributed by atoms with E-state index in [0.29, 0.717) is 5.88 Å². The molecule has 6 nitrogen and oxygen atoms in total. The number of rotatable bonds is 4. The van der Waals surface area contributed by atoms with Gasteiger partial charge in [-0.25, -0.2) is 17.7 Å². The molecule has 0 radical (unpaired) electrons. The van der Waals surface area contributed by atoms with E-state index in [-0.39, 0.29) is 17.0 Å². The van der Waals surface area contributed by atoms with E-state index >= 15 is 0 Å². The van der Waals surface area contributed by atoms with Crippen LogP contribution < -0.4 is 10.5 Å². The summed E-state index contributed by atoms with van der Waals surface area (Å²) in [6, 6.07) is 3.29. The number of aromatic nitrogens is 1. The molecule has 1 fully saturated rings. The molecule has 1 aliphatic carbocycles. The lowest BCUT2D eigenvalue weighted by molar-refractivity contribution is 0.138. The molecule has 0 bridgehead atoms. The topological polar surface area (TPSA) is 85.5 Å². The first kappa shape index (κ1) is 15.2. The van der Waals surface area contributed by atoms with E-state index in [9.17, 15) is 8.42 Å². The molecule has 0 amide bonds. The van der Waals surface area contributed by atoms with Crippen molar-refractivity contribution in [3.8, 4) is 5.88 Å². The van der Waals surface area contributed by atoms with Crippen molar-refractivity contribution in [2.45, 2.75) is 42.7 Å². The summed E-state index contributed by atoms with van der Waals surface area (Å²) in [4.78, 5) is 4.24. The largest absolute Gasteiger partial charge is 0.474 e. The van der Waals surface area contributed by atoms with Crippen LogP contribution in [0.5, 0.6) is 5.88 Å². The van der Waals surface area contributed by atoms with Crippen LogP contribution in [0.1, 0.15) is 25.7 Å². The van der Waals surface area contributed by atoms with E-state index in [2.05, 4.69) is 4.98 Å². The first-order valence-corrected chi connectivity index (χ1v) is 8.14. The monoisotopic (exact) mass is 299 g/mol. The molecular formula is C13H21N3O3S. The van der Waals surface area contributed by atoms with Crippen molar-refractivity contribution in [3.05, 3.63) is 18.3 Å². The summed E-state index contributed by atoms with van der Waals surface area (Å²) < 4.78 is 30.7. The molecule has 2 N–H and O–H groups in total. The third-order valence-corrected chi connectivity index (χ3v) is 5.24. The Morgan fingerprint density at radius 1 is 1.35 bits per heavy atom. The highest BCUT2D eigenvalue weighted by molar-refractivity contribution is 7.89. The zero-order valence-electron chi connectivity index (χ0n) is 11.8. The van der Waals surface area contributed by atoms with Crippen molar-refractivity contribution in [1.82, 2.24) is 9.29 Å². The highest BCUT2D eigenvalue weighted by Gasteiger charge is 2.22. The van der Waals surface area contributed by atoms with E-state index in [4.69, 9.17) is 10.5 Å². The minimum absolute atomic E-state index is 0.0718. The highest BCUT2D eigenvalue weighted by Crippen LogP contribution is 2.22. The van der Waals surface area contributed by atoms with Gasteiger partial charge < -0.3 is 10.5 Å². The molecule has 2 rings (SSSR count). The van der Waals surface area contributed by atoms with E-state index in [1.807, 2.05) is 0 Å². The van der Waals surface area contributed by atoms with Crippen molar-refractivity contribution in [2.75, 3.05) is 14.1 Å². The summed E-state index contributed by atoms with van der Waals surface area (Å²) in [6.07, 6.45) is 5.27. The molecule has 2 atom stereocenters. The smallest absolute Gasteiger partial charge is 0.244 e. The number of nitrogens with two attached hydrogens (primary N) is 1. The fraction of sp³-hybridized carbons (Fsp3) is 0.615. The predicted octanol–water partition coefficient (Wildman–Crippen LogP) is 0.981. The van der Waals surface area contributed by atoms with Crippen LogP contribution in [0.4, 0.5) is 0 Å². The standard InChI is InChI=1S/C13H21N3O3S/c1-16(2)20(17,18)12-6-7-13(15-9-12)19-11-5-3-4-10(14)8-11/h6-7,9-11H,3-5,8,14H2,1-2H3. The Hall–Kier alpha value is -1.18. The molecule has 1 aliphatic rings. The zero-order valence-corrected chi connectivity index (χ0v) is 12.6. The van der Waals surface area contributed by atoms with Crippen molar-refractivity contribution in [2.24, 2.45) is 5.73 Å². The maximum atomic E-state index is 11.9. The Labute approximate surface area is 120 Å². The molecule has 1 heterocycles. The van der Waals surface area contributed by atoms with Gasteiger partial charge in [-0.15, -0.1) is 0 Å². The van der Waals surface area contributed by atoms with Crippen LogP contribution in [-0.4, -0.2) is 43.9 Å². The van der Waals surface area contributed by atoms with Crippen LogP contribution in [0.25, 0.3) is 0 Å². The molecule has 112 valence electrons. The van der Waals surface area contributed by atoms with Gasteiger partial charge in [0.05, 0.1) is 6.20 Å². The third-order valence-electron chi connectivity index (χ3n) is 3.44. The van der Waals surface area contributed by atoms with Crippen LogP contribution in [0.3, 0.4) is 0 Å².